The van der Waals surface area contributed by atoms with Crippen molar-refractivity contribution in [3.05, 3.63) is 106 Å². The lowest BCUT2D eigenvalue weighted by atomic mass is 10.1. The number of imide groups is 1. The number of nitrogens with zero attached hydrogens (tertiary/aromatic N) is 2. The highest BCUT2D eigenvalue weighted by Gasteiger charge is 2.35. The van der Waals surface area contributed by atoms with Crippen molar-refractivity contribution in [2.45, 2.75) is 13.1 Å². The molecule has 1 aliphatic heterocycles. The van der Waals surface area contributed by atoms with E-state index in [4.69, 9.17) is 5.26 Å². The van der Waals surface area contributed by atoms with Crippen molar-refractivity contribution in [2.24, 2.45) is 0 Å². The molecule has 0 atom stereocenters. The van der Waals surface area contributed by atoms with Crippen molar-refractivity contribution < 1.29 is 14.4 Å². The van der Waals surface area contributed by atoms with Gasteiger partial charge in [0.2, 0.25) is 0 Å². The van der Waals surface area contributed by atoms with Crippen LogP contribution in [0, 0.1) is 11.3 Å². The van der Waals surface area contributed by atoms with Gasteiger partial charge in [0.15, 0.2) is 0 Å². The zero-order chi connectivity index (χ0) is 21.1. The monoisotopic (exact) mass is 395 g/mol. The largest absolute Gasteiger partial charge is 0.348 e. The minimum Gasteiger partial charge on any atom is -0.348 e. The lowest BCUT2D eigenvalue weighted by molar-refractivity contribution is 0.0642. The standard InChI is InChI=1S/C24H17N3O3/c25-13-16-6-8-17(9-7-16)14-26-22(28)19-10-11-20-21(12-19)24(30)27(23(20)29)15-18-4-2-1-3-5-18/h1-12H,14-15H2,(H,26,28). The van der Waals surface area contributed by atoms with E-state index in [0.717, 1.165) is 11.1 Å². The van der Waals surface area contributed by atoms with Gasteiger partial charge in [-0.2, -0.15) is 5.26 Å². The van der Waals surface area contributed by atoms with Crippen molar-refractivity contribution in [3.63, 3.8) is 0 Å². The molecule has 146 valence electrons. The summed E-state index contributed by atoms with van der Waals surface area (Å²) in [6, 6.07) is 22.8. The summed E-state index contributed by atoms with van der Waals surface area (Å²) < 4.78 is 0. The number of nitrogens with one attached hydrogen (secondary N) is 1. The van der Waals surface area contributed by atoms with Gasteiger partial charge in [-0.05, 0) is 41.5 Å². The van der Waals surface area contributed by atoms with Crippen LogP contribution in [0.1, 0.15) is 47.8 Å². The predicted octanol–water partition coefficient (Wildman–Crippen LogP) is 3.28. The highest BCUT2D eigenvalue weighted by Crippen LogP contribution is 2.25. The highest BCUT2D eigenvalue weighted by molar-refractivity contribution is 6.22. The topological polar surface area (TPSA) is 90.3 Å². The first kappa shape index (κ1) is 19.1. The van der Waals surface area contributed by atoms with Crippen LogP contribution in [-0.4, -0.2) is 22.6 Å². The number of fused-ring (bicyclic) bond motifs is 1. The first-order chi connectivity index (χ1) is 14.6. The van der Waals surface area contributed by atoms with E-state index in [1.807, 2.05) is 36.4 Å². The van der Waals surface area contributed by atoms with Crippen LogP contribution in [-0.2, 0) is 13.1 Å². The zero-order valence-electron chi connectivity index (χ0n) is 16.0. The van der Waals surface area contributed by atoms with Gasteiger partial charge in [-0.3, -0.25) is 19.3 Å². The molecular formula is C24H17N3O3. The van der Waals surface area contributed by atoms with E-state index < -0.39 is 5.91 Å². The van der Waals surface area contributed by atoms with Crippen LogP contribution in [0.15, 0.2) is 72.8 Å². The number of carbonyl (C=O) groups excluding carboxylic acids is 3. The summed E-state index contributed by atoms with van der Waals surface area (Å²) in [6.07, 6.45) is 0. The van der Waals surface area contributed by atoms with Gasteiger partial charge in [-0.25, -0.2) is 0 Å². The molecule has 0 spiro atoms. The smallest absolute Gasteiger partial charge is 0.261 e. The molecule has 3 aromatic carbocycles. The lowest BCUT2D eigenvalue weighted by Crippen LogP contribution is -2.29. The molecule has 1 N–H and O–H groups in total. The Hall–Kier alpha value is -4.24. The maximum absolute atomic E-state index is 12.8. The summed E-state index contributed by atoms with van der Waals surface area (Å²) in [4.78, 5) is 39.1. The molecule has 1 aliphatic rings. The van der Waals surface area contributed by atoms with Crippen LogP contribution in [0.25, 0.3) is 0 Å². The molecule has 0 unspecified atom stereocenters. The third kappa shape index (κ3) is 3.69. The quantitative estimate of drug-likeness (QED) is 0.671. The summed E-state index contributed by atoms with van der Waals surface area (Å²) >= 11 is 0. The van der Waals surface area contributed by atoms with Gasteiger partial charge in [0.1, 0.15) is 0 Å². The summed E-state index contributed by atoms with van der Waals surface area (Å²) in [5.41, 5.74) is 3.11. The molecular weight excluding hydrogens is 378 g/mol. The first-order valence-corrected chi connectivity index (χ1v) is 9.38. The second kappa shape index (κ2) is 8.02. The molecule has 0 saturated carbocycles. The molecule has 4 rings (SSSR count). The summed E-state index contributed by atoms with van der Waals surface area (Å²) in [6.45, 7) is 0.474. The van der Waals surface area contributed by atoms with Crippen molar-refractivity contribution in [1.29, 1.82) is 5.26 Å². The minimum absolute atomic E-state index is 0.188. The Balaban J connectivity index is 1.48. The highest BCUT2D eigenvalue weighted by atomic mass is 16.2. The molecule has 0 fully saturated rings. The van der Waals surface area contributed by atoms with Crippen molar-refractivity contribution in [1.82, 2.24) is 10.2 Å². The number of hydrogen-bond acceptors (Lipinski definition) is 4. The number of benzene rings is 3. The Morgan fingerprint density at radius 1 is 0.867 bits per heavy atom. The average molecular weight is 395 g/mol. The molecule has 0 saturated heterocycles. The fourth-order valence-electron chi connectivity index (χ4n) is 3.32. The van der Waals surface area contributed by atoms with E-state index in [2.05, 4.69) is 5.32 Å². The number of rotatable bonds is 5. The molecule has 1 heterocycles. The van der Waals surface area contributed by atoms with Crippen LogP contribution in [0.4, 0.5) is 0 Å². The molecule has 0 aromatic heterocycles. The van der Waals surface area contributed by atoms with E-state index in [1.54, 1.807) is 30.3 Å². The van der Waals surface area contributed by atoms with Crippen LogP contribution < -0.4 is 5.32 Å². The molecule has 0 radical (unpaired) electrons. The molecule has 0 aliphatic carbocycles. The first-order valence-electron chi connectivity index (χ1n) is 9.38. The van der Waals surface area contributed by atoms with E-state index >= 15 is 0 Å². The lowest BCUT2D eigenvalue weighted by Gasteiger charge is -2.13. The van der Waals surface area contributed by atoms with Gasteiger partial charge < -0.3 is 5.32 Å². The van der Waals surface area contributed by atoms with E-state index in [1.165, 1.54) is 17.0 Å². The molecule has 3 aromatic rings. The maximum atomic E-state index is 12.8. The third-order valence-electron chi connectivity index (χ3n) is 4.95. The summed E-state index contributed by atoms with van der Waals surface area (Å²) in [5.74, 6) is -1.10. The third-order valence-corrected chi connectivity index (χ3v) is 4.95. The maximum Gasteiger partial charge on any atom is 0.261 e. The fraction of sp³-hybridized carbons (Fsp3) is 0.0833. The SMILES string of the molecule is N#Cc1ccc(CNC(=O)c2ccc3c(c2)C(=O)N(Cc2ccccc2)C3=O)cc1. The van der Waals surface area contributed by atoms with Gasteiger partial charge in [0.25, 0.3) is 17.7 Å². The van der Waals surface area contributed by atoms with E-state index in [-0.39, 0.29) is 30.5 Å². The Morgan fingerprint density at radius 3 is 2.27 bits per heavy atom. The van der Waals surface area contributed by atoms with E-state index in [9.17, 15) is 14.4 Å². The van der Waals surface area contributed by atoms with Crippen LogP contribution in [0.2, 0.25) is 0 Å². The van der Waals surface area contributed by atoms with Crippen LogP contribution >= 0.6 is 0 Å². The Bertz CT molecular complexity index is 1180. The fourth-order valence-corrected chi connectivity index (χ4v) is 3.32. The summed E-state index contributed by atoms with van der Waals surface area (Å²) in [7, 11) is 0. The number of amides is 3. The molecule has 6 heteroatoms. The minimum atomic E-state index is -0.402. The number of carbonyl (C=O) groups is 3. The van der Waals surface area contributed by atoms with Gasteiger partial charge in [0.05, 0.1) is 29.3 Å². The van der Waals surface area contributed by atoms with Crippen LogP contribution in [0.3, 0.4) is 0 Å². The summed E-state index contributed by atoms with van der Waals surface area (Å²) in [5, 5.41) is 11.6. The Morgan fingerprint density at radius 2 is 1.57 bits per heavy atom. The molecule has 3 amide bonds. The zero-order valence-corrected chi connectivity index (χ0v) is 16.0. The Labute approximate surface area is 173 Å². The molecule has 0 bridgehead atoms. The van der Waals surface area contributed by atoms with Gasteiger partial charge >= 0.3 is 0 Å². The Kier molecular flexibility index (Phi) is 5.10. The van der Waals surface area contributed by atoms with Crippen molar-refractivity contribution in [3.8, 4) is 6.07 Å². The van der Waals surface area contributed by atoms with Crippen molar-refractivity contribution >= 4 is 17.7 Å². The van der Waals surface area contributed by atoms with Crippen molar-refractivity contribution in [2.75, 3.05) is 0 Å². The van der Waals surface area contributed by atoms with E-state index in [0.29, 0.717) is 16.7 Å². The number of nitriles is 1. The molecule has 6 nitrogen and oxygen atoms in total. The second-order valence-electron chi connectivity index (χ2n) is 6.93. The van der Waals surface area contributed by atoms with Gasteiger partial charge in [-0.15, -0.1) is 0 Å². The second-order valence-corrected chi connectivity index (χ2v) is 6.93. The number of hydrogen-bond donors (Lipinski definition) is 1. The predicted molar refractivity (Wildman–Crippen MR) is 109 cm³/mol. The average Bonchev–Trinajstić information content (AvgIpc) is 3.03. The normalized spacial score (nSPS) is 12.4. The van der Waals surface area contributed by atoms with Gasteiger partial charge in [0, 0.05) is 12.1 Å². The molecule has 30 heavy (non-hydrogen) atoms. The van der Waals surface area contributed by atoms with Gasteiger partial charge in [-0.1, -0.05) is 42.5 Å². The van der Waals surface area contributed by atoms with Crippen LogP contribution in [0.5, 0.6) is 0 Å².